The monoisotopic (exact) mass is 347 g/mol. The summed E-state index contributed by atoms with van der Waals surface area (Å²) in [4.78, 5) is 27.1. The Bertz CT molecular complexity index is 595. The SMILES string of the molecule is CCCCCCSC1=CC(=O)CN(c2ccc(OC)cc2)CC1=O. The average molecular weight is 347 g/mol. The van der Waals surface area contributed by atoms with E-state index in [4.69, 9.17) is 4.74 Å². The molecule has 0 radical (unpaired) electrons. The number of rotatable bonds is 8. The largest absolute Gasteiger partial charge is 0.497 e. The Morgan fingerprint density at radius 3 is 2.50 bits per heavy atom. The van der Waals surface area contributed by atoms with E-state index in [2.05, 4.69) is 6.92 Å². The molecule has 0 aromatic heterocycles. The van der Waals surface area contributed by atoms with Crippen LogP contribution in [-0.4, -0.2) is 37.5 Å². The third kappa shape index (κ3) is 5.41. The van der Waals surface area contributed by atoms with E-state index in [-0.39, 0.29) is 24.7 Å². The smallest absolute Gasteiger partial charge is 0.188 e. The minimum absolute atomic E-state index is 0.0206. The molecule has 1 aromatic rings. The number of benzene rings is 1. The topological polar surface area (TPSA) is 46.6 Å². The van der Waals surface area contributed by atoms with E-state index < -0.39 is 0 Å². The predicted molar refractivity (Wildman–Crippen MR) is 99.9 cm³/mol. The molecule has 1 aliphatic rings. The van der Waals surface area contributed by atoms with Gasteiger partial charge in [-0.05, 0) is 36.4 Å². The minimum Gasteiger partial charge on any atom is -0.497 e. The fraction of sp³-hybridized carbons (Fsp3) is 0.474. The summed E-state index contributed by atoms with van der Waals surface area (Å²) in [7, 11) is 1.61. The second-order valence-corrected chi connectivity index (χ2v) is 7.00. The van der Waals surface area contributed by atoms with Gasteiger partial charge in [0.25, 0.3) is 0 Å². The summed E-state index contributed by atoms with van der Waals surface area (Å²) in [5, 5.41) is 0. The summed E-state index contributed by atoms with van der Waals surface area (Å²) >= 11 is 1.52. The number of ketones is 2. The second-order valence-electron chi connectivity index (χ2n) is 5.86. The van der Waals surface area contributed by atoms with E-state index in [0.717, 1.165) is 23.6 Å². The van der Waals surface area contributed by atoms with Gasteiger partial charge in [0.15, 0.2) is 11.6 Å². The zero-order chi connectivity index (χ0) is 17.4. The molecular weight excluding hydrogens is 322 g/mol. The maximum absolute atomic E-state index is 12.5. The molecule has 0 unspecified atom stereocenters. The van der Waals surface area contributed by atoms with Crippen molar-refractivity contribution in [3.63, 3.8) is 0 Å². The fourth-order valence-corrected chi connectivity index (χ4v) is 3.59. The standard InChI is InChI=1S/C19H25NO3S/c1-3-4-5-6-11-24-19-12-16(21)13-20(14-18(19)22)15-7-9-17(23-2)10-8-15/h7-10,12H,3-6,11,13-14H2,1-2H3. The van der Waals surface area contributed by atoms with E-state index in [1.165, 1.54) is 37.1 Å². The number of carbonyl (C=O) groups is 2. The highest BCUT2D eigenvalue weighted by Gasteiger charge is 2.22. The van der Waals surface area contributed by atoms with Crippen LogP contribution in [0.3, 0.4) is 0 Å². The van der Waals surface area contributed by atoms with Gasteiger partial charge in [-0.2, -0.15) is 0 Å². The van der Waals surface area contributed by atoms with Crippen LogP contribution < -0.4 is 9.64 Å². The van der Waals surface area contributed by atoms with Crippen LogP contribution in [0.4, 0.5) is 5.69 Å². The van der Waals surface area contributed by atoms with Crippen LogP contribution in [0.15, 0.2) is 35.2 Å². The van der Waals surface area contributed by atoms with Crippen LogP contribution in [-0.2, 0) is 9.59 Å². The van der Waals surface area contributed by atoms with E-state index >= 15 is 0 Å². The van der Waals surface area contributed by atoms with Crippen LogP contribution in [0, 0.1) is 0 Å². The molecule has 1 aliphatic heterocycles. The molecule has 0 N–H and O–H groups in total. The first-order valence-corrected chi connectivity index (χ1v) is 9.42. The van der Waals surface area contributed by atoms with E-state index in [9.17, 15) is 9.59 Å². The van der Waals surface area contributed by atoms with Gasteiger partial charge in [-0.15, -0.1) is 11.8 Å². The summed E-state index contributed by atoms with van der Waals surface area (Å²) in [6.45, 7) is 2.65. The van der Waals surface area contributed by atoms with Crippen molar-refractivity contribution in [1.82, 2.24) is 0 Å². The van der Waals surface area contributed by atoms with Crippen molar-refractivity contribution < 1.29 is 14.3 Å². The van der Waals surface area contributed by atoms with Gasteiger partial charge in [0.2, 0.25) is 0 Å². The number of hydrogen-bond donors (Lipinski definition) is 0. The molecule has 0 bridgehead atoms. The van der Waals surface area contributed by atoms with Crippen LogP contribution in [0.25, 0.3) is 0 Å². The molecule has 1 heterocycles. The molecule has 0 saturated heterocycles. The third-order valence-electron chi connectivity index (χ3n) is 3.94. The van der Waals surface area contributed by atoms with Gasteiger partial charge in [0.05, 0.1) is 25.1 Å². The molecule has 0 fully saturated rings. The summed E-state index contributed by atoms with van der Waals surface area (Å²) < 4.78 is 5.15. The van der Waals surface area contributed by atoms with Crippen molar-refractivity contribution in [2.45, 2.75) is 32.6 Å². The number of ether oxygens (including phenoxy) is 1. The molecule has 0 spiro atoms. The van der Waals surface area contributed by atoms with Crippen molar-refractivity contribution in [2.24, 2.45) is 0 Å². The van der Waals surface area contributed by atoms with Gasteiger partial charge < -0.3 is 9.64 Å². The maximum atomic E-state index is 12.5. The summed E-state index contributed by atoms with van der Waals surface area (Å²) in [6, 6.07) is 7.43. The number of unbranched alkanes of at least 4 members (excludes halogenated alkanes) is 3. The first kappa shape index (κ1) is 18.6. The lowest BCUT2D eigenvalue weighted by atomic mass is 10.2. The van der Waals surface area contributed by atoms with Crippen molar-refractivity contribution in [1.29, 1.82) is 0 Å². The average Bonchev–Trinajstić information content (AvgIpc) is 2.73. The Morgan fingerprint density at radius 2 is 1.83 bits per heavy atom. The molecule has 5 heteroatoms. The highest BCUT2D eigenvalue weighted by atomic mass is 32.2. The van der Waals surface area contributed by atoms with Crippen molar-refractivity contribution in [3.05, 3.63) is 35.2 Å². The molecule has 0 saturated carbocycles. The highest BCUT2D eigenvalue weighted by molar-refractivity contribution is 8.04. The van der Waals surface area contributed by atoms with Crippen molar-refractivity contribution >= 4 is 29.0 Å². The quantitative estimate of drug-likeness (QED) is 0.669. The predicted octanol–water partition coefficient (Wildman–Crippen LogP) is 3.85. The first-order chi connectivity index (χ1) is 11.6. The second kappa shape index (κ2) is 9.52. The lowest BCUT2D eigenvalue weighted by Crippen LogP contribution is -2.31. The number of nitrogens with zero attached hydrogens (tertiary/aromatic N) is 1. The first-order valence-electron chi connectivity index (χ1n) is 8.43. The lowest BCUT2D eigenvalue weighted by Gasteiger charge is -2.21. The number of anilines is 1. The van der Waals surface area contributed by atoms with Crippen molar-refractivity contribution in [3.8, 4) is 5.75 Å². The molecule has 0 aliphatic carbocycles. The molecule has 0 atom stereocenters. The zero-order valence-electron chi connectivity index (χ0n) is 14.4. The molecule has 24 heavy (non-hydrogen) atoms. The molecule has 0 amide bonds. The van der Waals surface area contributed by atoms with Gasteiger partial charge in [-0.25, -0.2) is 0 Å². The Balaban J connectivity index is 1.97. The molecule has 4 nitrogen and oxygen atoms in total. The van der Waals surface area contributed by atoms with Crippen LogP contribution in [0.2, 0.25) is 0 Å². The number of thioether (sulfide) groups is 1. The van der Waals surface area contributed by atoms with Gasteiger partial charge in [-0.1, -0.05) is 26.2 Å². The Labute approximate surface area is 148 Å². The Hall–Kier alpha value is -1.75. The number of hydrogen-bond acceptors (Lipinski definition) is 5. The van der Waals surface area contributed by atoms with Crippen LogP contribution in [0.5, 0.6) is 5.75 Å². The molecule has 130 valence electrons. The Morgan fingerprint density at radius 1 is 1.08 bits per heavy atom. The molecule has 2 rings (SSSR count). The lowest BCUT2D eigenvalue weighted by molar-refractivity contribution is -0.114. The van der Waals surface area contributed by atoms with Crippen LogP contribution >= 0.6 is 11.8 Å². The molecule has 1 aromatic carbocycles. The van der Waals surface area contributed by atoms with Crippen LogP contribution in [0.1, 0.15) is 32.6 Å². The van der Waals surface area contributed by atoms with E-state index in [0.29, 0.717) is 4.91 Å². The van der Waals surface area contributed by atoms with Gasteiger partial charge in [0.1, 0.15) is 5.75 Å². The Kier molecular flexibility index (Phi) is 7.37. The van der Waals surface area contributed by atoms with Gasteiger partial charge >= 0.3 is 0 Å². The number of methoxy groups -OCH3 is 1. The van der Waals surface area contributed by atoms with Gasteiger partial charge in [0, 0.05) is 11.8 Å². The van der Waals surface area contributed by atoms with Crippen molar-refractivity contribution in [2.75, 3.05) is 30.9 Å². The third-order valence-corrected chi connectivity index (χ3v) is 5.09. The fourth-order valence-electron chi connectivity index (χ4n) is 2.58. The normalized spacial score (nSPS) is 15.2. The summed E-state index contributed by atoms with van der Waals surface area (Å²) in [6.07, 6.45) is 6.20. The highest BCUT2D eigenvalue weighted by Crippen LogP contribution is 2.25. The zero-order valence-corrected chi connectivity index (χ0v) is 15.2. The number of carbonyl (C=O) groups excluding carboxylic acids is 2. The molecular formula is C19H25NO3S. The van der Waals surface area contributed by atoms with Gasteiger partial charge in [-0.3, -0.25) is 9.59 Å². The van der Waals surface area contributed by atoms with E-state index in [1.807, 2.05) is 29.2 Å². The summed E-state index contributed by atoms with van der Waals surface area (Å²) in [5.74, 6) is 1.66. The number of Topliss-reactive ketones (excluding diaryl/α,β-unsaturated/α-hetero) is 1. The maximum Gasteiger partial charge on any atom is 0.188 e. The van der Waals surface area contributed by atoms with E-state index in [1.54, 1.807) is 7.11 Å². The minimum atomic E-state index is -0.0206. The summed E-state index contributed by atoms with van der Waals surface area (Å²) in [5.41, 5.74) is 0.861.